The first-order valence-corrected chi connectivity index (χ1v) is 11.3. The Morgan fingerprint density at radius 3 is 2.56 bits per heavy atom. The van der Waals surface area contributed by atoms with Crippen LogP contribution in [0.15, 0.2) is 36.7 Å². The lowest BCUT2D eigenvalue weighted by atomic mass is 9.74. The Hall–Kier alpha value is -3.66. The predicted molar refractivity (Wildman–Crippen MR) is 126 cm³/mol. The molecule has 10 heteroatoms. The molecule has 4 heterocycles. The third kappa shape index (κ3) is 4.28. The van der Waals surface area contributed by atoms with Gasteiger partial charge in [0.05, 0.1) is 12.7 Å². The minimum atomic E-state index is 0.0294. The van der Waals surface area contributed by atoms with Gasteiger partial charge in [-0.05, 0) is 63.9 Å². The molecule has 0 unspecified atom stereocenters. The van der Waals surface area contributed by atoms with Crippen LogP contribution >= 0.6 is 0 Å². The first-order chi connectivity index (χ1) is 16.1. The number of nitrogens with one attached hydrogen (secondary N) is 1. The van der Waals surface area contributed by atoms with Crippen LogP contribution in [0.5, 0.6) is 5.75 Å². The van der Waals surface area contributed by atoms with E-state index >= 15 is 0 Å². The lowest BCUT2D eigenvalue weighted by Crippen LogP contribution is -2.57. The minimum absolute atomic E-state index is 0.0294. The second-order valence-electron chi connectivity index (χ2n) is 10.2. The number of fused-ring (bicyclic) bond motifs is 1. The molecule has 1 N–H and O–H groups in total. The quantitative estimate of drug-likeness (QED) is 0.452. The van der Waals surface area contributed by atoms with Gasteiger partial charge in [0.2, 0.25) is 11.6 Å². The van der Waals surface area contributed by atoms with Crippen LogP contribution in [-0.4, -0.2) is 52.1 Å². The molecule has 10 nitrogen and oxygen atoms in total. The van der Waals surface area contributed by atoms with Gasteiger partial charge in [-0.2, -0.15) is 4.80 Å². The maximum absolute atomic E-state index is 11.2. The first-order valence-electron chi connectivity index (χ1n) is 11.3. The maximum Gasteiger partial charge on any atom is 0.298 e. The van der Waals surface area contributed by atoms with Gasteiger partial charge >= 0.3 is 0 Å². The van der Waals surface area contributed by atoms with E-state index in [1.165, 1.54) is 4.80 Å². The second kappa shape index (κ2) is 7.98. The van der Waals surface area contributed by atoms with Crippen molar-refractivity contribution in [2.75, 3.05) is 0 Å². The highest BCUT2D eigenvalue weighted by atomic mass is 16.5. The molecule has 5 rings (SSSR count). The number of carbonyl (C=O) groups excluding carboxylic acids is 1. The first kappa shape index (κ1) is 22.1. The number of carbonyl (C=O) groups is 1. The Morgan fingerprint density at radius 2 is 1.88 bits per heavy atom. The van der Waals surface area contributed by atoms with Gasteiger partial charge in [0, 0.05) is 46.2 Å². The molecule has 1 aliphatic heterocycles. The SMILES string of the molecule is Cn1nnc(-c2ccc(-c3cn4ccc(C5CC(C)(C)NC(C)(C)C5)nc4n3)c(OC=O)c2)n1. The number of rotatable bonds is 5. The van der Waals surface area contributed by atoms with E-state index in [4.69, 9.17) is 14.7 Å². The summed E-state index contributed by atoms with van der Waals surface area (Å²) >= 11 is 0. The lowest BCUT2D eigenvalue weighted by molar-refractivity contribution is -0.120. The van der Waals surface area contributed by atoms with E-state index in [9.17, 15) is 4.79 Å². The fourth-order valence-electron chi connectivity index (χ4n) is 5.20. The highest BCUT2D eigenvalue weighted by Crippen LogP contribution is 2.39. The molecule has 1 aromatic carbocycles. The summed E-state index contributed by atoms with van der Waals surface area (Å²) in [5.74, 6) is 1.76. The van der Waals surface area contributed by atoms with Gasteiger partial charge in [-0.25, -0.2) is 9.97 Å². The molecule has 1 aliphatic rings. The van der Waals surface area contributed by atoms with Crippen LogP contribution in [0.4, 0.5) is 0 Å². The van der Waals surface area contributed by atoms with Crippen LogP contribution in [0.25, 0.3) is 28.4 Å². The molecule has 0 spiro atoms. The number of imidazole rings is 1. The van der Waals surface area contributed by atoms with Crippen molar-refractivity contribution in [3.05, 3.63) is 42.4 Å². The van der Waals surface area contributed by atoms with E-state index in [-0.39, 0.29) is 11.1 Å². The van der Waals surface area contributed by atoms with E-state index in [2.05, 4.69) is 54.5 Å². The van der Waals surface area contributed by atoms with Gasteiger partial charge in [-0.1, -0.05) is 6.07 Å². The van der Waals surface area contributed by atoms with Crippen LogP contribution < -0.4 is 10.1 Å². The molecule has 1 fully saturated rings. The normalized spacial score (nSPS) is 17.7. The van der Waals surface area contributed by atoms with Crippen molar-refractivity contribution in [2.24, 2.45) is 7.05 Å². The molecular weight excluding hydrogens is 432 g/mol. The van der Waals surface area contributed by atoms with Crippen molar-refractivity contribution in [1.82, 2.24) is 39.9 Å². The number of benzene rings is 1. The number of ether oxygens (including phenoxy) is 1. The number of tetrazole rings is 1. The number of nitrogens with zero attached hydrogens (tertiary/aromatic N) is 7. The summed E-state index contributed by atoms with van der Waals surface area (Å²) in [6.07, 6.45) is 5.88. The molecular formula is C24H28N8O2. The van der Waals surface area contributed by atoms with Gasteiger partial charge < -0.3 is 10.1 Å². The molecule has 0 amide bonds. The number of aryl methyl sites for hydroxylation is 1. The van der Waals surface area contributed by atoms with Crippen molar-refractivity contribution < 1.29 is 9.53 Å². The Morgan fingerprint density at radius 1 is 1.12 bits per heavy atom. The highest BCUT2D eigenvalue weighted by molar-refractivity contribution is 5.74. The van der Waals surface area contributed by atoms with E-state index in [0.29, 0.717) is 46.6 Å². The fourth-order valence-corrected chi connectivity index (χ4v) is 5.20. The van der Waals surface area contributed by atoms with Gasteiger partial charge in [0.25, 0.3) is 6.47 Å². The summed E-state index contributed by atoms with van der Waals surface area (Å²) in [7, 11) is 1.69. The van der Waals surface area contributed by atoms with Crippen LogP contribution in [0.3, 0.4) is 0 Å². The molecule has 0 atom stereocenters. The smallest absolute Gasteiger partial charge is 0.298 e. The summed E-state index contributed by atoms with van der Waals surface area (Å²) in [5, 5.41) is 15.8. The molecule has 0 saturated carbocycles. The lowest BCUT2D eigenvalue weighted by Gasteiger charge is -2.46. The number of piperidine rings is 1. The molecule has 176 valence electrons. The summed E-state index contributed by atoms with van der Waals surface area (Å²) in [5.41, 5.74) is 3.13. The van der Waals surface area contributed by atoms with Gasteiger partial charge in [0.1, 0.15) is 5.75 Å². The summed E-state index contributed by atoms with van der Waals surface area (Å²) in [6.45, 7) is 9.35. The molecule has 34 heavy (non-hydrogen) atoms. The largest absolute Gasteiger partial charge is 0.428 e. The predicted octanol–water partition coefficient (Wildman–Crippen LogP) is 3.15. The zero-order chi connectivity index (χ0) is 24.1. The van der Waals surface area contributed by atoms with Crippen molar-refractivity contribution in [1.29, 1.82) is 0 Å². The van der Waals surface area contributed by atoms with Crippen LogP contribution in [0, 0.1) is 0 Å². The van der Waals surface area contributed by atoms with Crippen molar-refractivity contribution in [2.45, 2.75) is 57.5 Å². The second-order valence-corrected chi connectivity index (χ2v) is 10.2. The van der Waals surface area contributed by atoms with Gasteiger partial charge in [0.15, 0.2) is 0 Å². The van der Waals surface area contributed by atoms with Crippen molar-refractivity contribution in [3.63, 3.8) is 0 Å². The molecule has 3 aromatic heterocycles. The Labute approximate surface area is 197 Å². The van der Waals surface area contributed by atoms with Crippen LogP contribution in [-0.2, 0) is 11.8 Å². The topological polar surface area (TPSA) is 112 Å². The zero-order valence-corrected chi connectivity index (χ0v) is 20.0. The number of hydrogen-bond acceptors (Lipinski definition) is 8. The van der Waals surface area contributed by atoms with E-state index < -0.39 is 0 Å². The summed E-state index contributed by atoms with van der Waals surface area (Å²) < 4.78 is 7.17. The summed E-state index contributed by atoms with van der Waals surface area (Å²) in [6, 6.07) is 7.48. The fraction of sp³-hybridized carbons (Fsp3) is 0.417. The van der Waals surface area contributed by atoms with Crippen LogP contribution in [0.2, 0.25) is 0 Å². The Bertz CT molecular complexity index is 1350. The van der Waals surface area contributed by atoms with Crippen molar-refractivity contribution in [3.8, 4) is 28.4 Å². The van der Waals surface area contributed by atoms with Gasteiger partial charge in [-0.3, -0.25) is 9.20 Å². The third-order valence-electron chi connectivity index (χ3n) is 6.16. The number of hydrogen-bond donors (Lipinski definition) is 1. The van der Waals surface area contributed by atoms with E-state index in [1.807, 2.05) is 28.9 Å². The molecule has 0 bridgehead atoms. The maximum atomic E-state index is 11.2. The molecule has 0 radical (unpaired) electrons. The third-order valence-corrected chi connectivity index (χ3v) is 6.16. The Kier molecular flexibility index (Phi) is 5.20. The molecule has 4 aromatic rings. The average molecular weight is 461 g/mol. The van der Waals surface area contributed by atoms with E-state index in [0.717, 1.165) is 18.5 Å². The monoisotopic (exact) mass is 460 g/mol. The zero-order valence-electron chi connectivity index (χ0n) is 20.0. The highest BCUT2D eigenvalue weighted by Gasteiger charge is 2.38. The molecule has 1 saturated heterocycles. The van der Waals surface area contributed by atoms with Crippen LogP contribution in [0.1, 0.15) is 52.1 Å². The van der Waals surface area contributed by atoms with Gasteiger partial charge in [-0.15, -0.1) is 10.2 Å². The number of aromatic nitrogens is 7. The average Bonchev–Trinajstić information content (AvgIpc) is 3.37. The minimum Gasteiger partial charge on any atom is -0.428 e. The van der Waals surface area contributed by atoms with Crippen molar-refractivity contribution >= 4 is 12.2 Å². The Balaban J connectivity index is 1.51. The molecule has 0 aliphatic carbocycles. The summed E-state index contributed by atoms with van der Waals surface area (Å²) in [4.78, 5) is 22.2. The standard InChI is InChI=1S/C24H28N8O2/c1-23(2)11-16(12-24(3,4)29-23)18-8-9-32-13-19(26-22(32)25-18)17-7-6-15(10-20(17)34-14-33)21-27-30-31(5)28-21/h6-10,13-14,16,29H,11-12H2,1-5H3. The van der Waals surface area contributed by atoms with E-state index in [1.54, 1.807) is 13.1 Å².